The monoisotopic (exact) mass is 235 g/mol. The van der Waals surface area contributed by atoms with E-state index in [0.717, 1.165) is 17.9 Å². The Morgan fingerprint density at radius 3 is 3.06 bits per heavy atom. The van der Waals surface area contributed by atoms with Crippen LogP contribution in [0.2, 0.25) is 0 Å². The highest BCUT2D eigenvalue weighted by molar-refractivity contribution is 5.72. The van der Waals surface area contributed by atoms with E-state index in [0.29, 0.717) is 5.92 Å². The lowest BCUT2D eigenvalue weighted by molar-refractivity contribution is 0.723. The van der Waals surface area contributed by atoms with Gasteiger partial charge in [0.2, 0.25) is 5.78 Å². The molecule has 0 saturated heterocycles. The number of aromatic nitrogens is 3. The number of imidazole rings is 1. The summed E-state index contributed by atoms with van der Waals surface area (Å²) in [6.07, 6.45) is 4.87. The molecule has 2 heterocycles. The summed E-state index contributed by atoms with van der Waals surface area (Å²) >= 11 is 0. The van der Waals surface area contributed by atoms with Crippen LogP contribution in [-0.2, 0) is 6.42 Å². The summed E-state index contributed by atoms with van der Waals surface area (Å²) in [5.74, 6) is 1.33. The molecule has 88 valence electrons. The molecule has 1 aliphatic carbocycles. The predicted molar refractivity (Wildman–Crippen MR) is 70.5 cm³/mol. The zero-order valence-electron chi connectivity index (χ0n) is 10.2. The van der Waals surface area contributed by atoms with E-state index in [2.05, 4.69) is 51.8 Å². The third-order valence-electron chi connectivity index (χ3n) is 3.75. The first-order chi connectivity index (χ1) is 8.84. The molecule has 0 saturated carbocycles. The molecule has 1 aliphatic rings. The van der Waals surface area contributed by atoms with Crippen molar-refractivity contribution in [3.63, 3.8) is 0 Å². The molecule has 0 radical (unpaired) electrons. The zero-order valence-corrected chi connectivity index (χ0v) is 10.2. The van der Waals surface area contributed by atoms with Crippen molar-refractivity contribution in [3.05, 3.63) is 54.0 Å². The lowest BCUT2D eigenvalue weighted by Gasteiger charge is -2.21. The van der Waals surface area contributed by atoms with Crippen molar-refractivity contribution in [2.45, 2.75) is 19.3 Å². The van der Waals surface area contributed by atoms with Gasteiger partial charge in [0.1, 0.15) is 0 Å². The molecule has 1 aromatic carbocycles. The Kier molecular flexibility index (Phi) is 1.87. The summed E-state index contributed by atoms with van der Waals surface area (Å²) in [7, 11) is 0. The lowest BCUT2D eigenvalue weighted by Crippen LogP contribution is -2.09. The Bertz CT molecular complexity index is 742. The van der Waals surface area contributed by atoms with Gasteiger partial charge in [0, 0.05) is 18.0 Å². The van der Waals surface area contributed by atoms with Crippen LogP contribution < -0.4 is 0 Å². The summed E-state index contributed by atoms with van der Waals surface area (Å²) in [6.45, 7) is 2.28. The van der Waals surface area contributed by atoms with Crippen molar-refractivity contribution in [3.8, 4) is 11.3 Å². The highest BCUT2D eigenvalue weighted by atomic mass is 15.1. The number of benzene rings is 1. The van der Waals surface area contributed by atoms with Gasteiger partial charge in [0.05, 0.1) is 11.4 Å². The maximum Gasteiger partial charge on any atom is 0.234 e. The fourth-order valence-electron chi connectivity index (χ4n) is 2.89. The fourth-order valence-corrected chi connectivity index (χ4v) is 2.89. The lowest BCUT2D eigenvalue weighted by atomic mass is 9.84. The summed E-state index contributed by atoms with van der Waals surface area (Å²) in [6, 6.07) is 10.5. The minimum Gasteiger partial charge on any atom is -0.287 e. The van der Waals surface area contributed by atoms with Crippen LogP contribution in [0.4, 0.5) is 0 Å². The molecule has 0 bridgehead atoms. The van der Waals surface area contributed by atoms with Crippen molar-refractivity contribution in [1.82, 2.24) is 14.4 Å². The second-order valence-electron chi connectivity index (χ2n) is 4.89. The van der Waals surface area contributed by atoms with Crippen LogP contribution in [0.5, 0.6) is 0 Å². The molecule has 0 fully saturated rings. The molecule has 0 N–H and O–H groups in total. The summed E-state index contributed by atoms with van der Waals surface area (Å²) in [5, 5.41) is 0. The van der Waals surface area contributed by atoms with Crippen molar-refractivity contribution in [2.24, 2.45) is 0 Å². The maximum atomic E-state index is 4.68. The molecule has 0 aliphatic heterocycles. The quantitative estimate of drug-likeness (QED) is 0.599. The second-order valence-corrected chi connectivity index (χ2v) is 4.89. The average Bonchev–Trinajstić information content (AvgIpc) is 2.78. The number of nitrogens with zero attached hydrogens (tertiary/aromatic N) is 3. The standard InChI is InChI=1S/C15H13N3/c1-10-9-13-14(12-6-3-2-5-11(10)12)17-15-16-7-4-8-18(13)15/h2-8,10H,9H2,1H3. The van der Waals surface area contributed by atoms with Gasteiger partial charge in [-0.2, -0.15) is 0 Å². The van der Waals surface area contributed by atoms with Crippen molar-refractivity contribution < 1.29 is 0 Å². The van der Waals surface area contributed by atoms with Gasteiger partial charge in [-0.1, -0.05) is 31.2 Å². The molecule has 1 atom stereocenters. The molecule has 4 rings (SSSR count). The van der Waals surface area contributed by atoms with Gasteiger partial charge < -0.3 is 0 Å². The van der Waals surface area contributed by atoms with Gasteiger partial charge in [0.15, 0.2) is 0 Å². The van der Waals surface area contributed by atoms with E-state index in [1.165, 1.54) is 16.8 Å². The van der Waals surface area contributed by atoms with Crippen LogP contribution in [0.3, 0.4) is 0 Å². The Labute approximate surface area is 105 Å². The number of hydrogen-bond donors (Lipinski definition) is 0. The van der Waals surface area contributed by atoms with Crippen LogP contribution in [-0.4, -0.2) is 14.4 Å². The Hall–Kier alpha value is -2.16. The Balaban J connectivity index is 2.10. The third kappa shape index (κ3) is 1.19. The fraction of sp³-hybridized carbons (Fsp3) is 0.200. The van der Waals surface area contributed by atoms with Gasteiger partial charge in [0.25, 0.3) is 0 Å². The highest BCUT2D eigenvalue weighted by Crippen LogP contribution is 2.38. The van der Waals surface area contributed by atoms with Gasteiger partial charge in [-0.25, -0.2) is 9.97 Å². The molecular weight excluding hydrogens is 222 g/mol. The van der Waals surface area contributed by atoms with E-state index < -0.39 is 0 Å². The topological polar surface area (TPSA) is 30.2 Å². The van der Waals surface area contributed by atoms with Crippen LogP contribution in [0.25, 0.3) is 17.0 Å². The van der Waals surface area contributed by atoms with Gasteiger partial charge >= 0.3 is 0 Å². The predicted octanol–water partition coefficient (Wildman–Crippen LogP) is 3.06. The largest absolute Gasteiger partial charge is 0.287 e. The van der Waals surface area contributed by atoms with Crippen molar-refractivity contribution >= 4 is 5.78 Å². The molecule has 18 heavy (non-hydrogen) atoms. The molecule has 0 spiro atoms. The minimum atomic E-state index is 0.536. The molecule has 3 aromatic rings. The smallest absolute Gasteiger partial charge is 0.234 e. The molecule has 1 unspecified atom stereocenters. The summed E-state index contributed by atoms with van der Waals surface area (Å²) in [4.78, 5) is 9.02. The first-order valence-electron chi connectivity index (χ1n) is 6.26. The summed E-state index contributed by atoms with van der Waals surface area (Å²) < 4.78 is 2.11. The Morgan fingerprint density at radius 1 is 1.22 bits per heavy atom. The average molecular weight is 235 g/mol. The second kappa shape index (κ2) is 3.42. The first-order valence-corrected chi connectivity index (χ1v) is 6.26. The van der Waals surface area contributed by atoms with Crippen LogP contribution in [0.1, 0.15) is 24.1 Å². The third-order valence-corrected chi connectivity index (χ3v) is 3.75. The normalized spacial score (nSPS) is 17.5. The van der Waals surface area contributed by atoms with E-state index in [1.807, 2.05) is 6.07 Å². The van der Waals surface area contributed by atoms with E-state index in [-0.39, 0.29) is 0 Å². The van der Waals surface area contributed by atoms with E-state index in [1.54, 1.807) is 6.20 Å². The van der Waals surface area contributed by atoms with Gasteiger partial charge in [-0.3, -0.25) is 4.40 Å². The molecule has 3 nitrogen and oxygen atoms in total. The van der Waals surface area contributed by atoms with Gasteiger partial charge in [-0.15, -0.1) is 0 Å². The molecule has 3 heteroatoms. The van der Waals surface area contributed by atoms with Crippen LogP contribution in [0, 0.1) is 0 Å². The number of rotatable bonds is 0. The van der Waals surface area contributed by atoms with Crippen LogP contribution in [0.15, 0.2) is 42.7 Å². The van der Waals surface area contributed by atoms with Crippen LogP contribution >= 0.6 is 0 Å². The highest BCUT2D eigenvalue weighted by Gasteiger charge is 2.25. The minimum absolute atomic E-state index is 0.536. The first kappa shape index (κ1) is 9.83. The van der Waals surface area contributed by atoms with Gasteiger partial charge in [-0.05, 0) is 24.0 Å². The van der Waals surface area contributed by atoms with Crippen molar-refractivity contribution in [2.75, 3.05) is 0 Å². The number of hydrogen-bond acceptors (Lipinski definition) is 2. The Morgan fingerprint density at radius 2 is 2.11 bits per heavy atom. The summed E-state index contributed by atoms with van der Waals surface area (Å²) in [5.41, 5.74) is 5.04. The zero-order chi connectivity index (χ0) is 12.1. The molecular formula is C15H13N3. The van der Waals surface area contributed by atoms with E-state index in [4.69, 9.17) is 0 Å². The number of fused-ring (bicyclic) bond motifs is 5. The van der Waals surface area contributed by atoms with Crippen molar-refractivity contribution in [1.29, 1.82) is 0 Å². The van der Waals surface area contributed by atoms with E-state index in [9.17, 15) is 0 Å². The van der Waals surface area contributed by atoms with E-state index >= 15 is 0 Å². The maximum absolute atomic E-state index is 4.68. The SMILES string of the molecule is CC1Cc2c(nc3ncccn23)-c2ccccc21. The molecule has 0 amide bonds. The molecule has 2 aromatic heterocycles.